The summed E-state index contributed by atoms with van der Waals surface area (Å²) in [5.74, 6) is -1.22. The Balaban J connectivity index is 1.84. The van der Waals surface area contributed by atoms with E-state index in [1.807, 2.05) is 0 Å². The van der Waals surface area contributed by atoms with E-state index in [-0.39, 0.29) is 17.5 Å². The lowest BCUT2D eigenvalue weighted by molar-refractivity contribution is 0.0689. The van der Waals surface area contributed by atoms with E-state index < -0.39 is 5.97 Å². The maximum Gasteiger partial charge on any atom is 0.354 e. The number of fused-ring (bicyclic) bond motifs is 1. The van der Waals surface area contributed by atoms with Crippen LogP contribution in [-0.2, 0) is 0 Å². The van der Waals surface area contributed by atoms with Gasteiger partial charge in [0.25, 0.3) is 5.91 Å². The van der Waals surface area contributed by atoms with Crippen molar-refractivity contribution in [3.8, 4) is 0 Å². The van der Waals surface area contributed by atoms with Crippen molar-refractivity contribution >= 4 is 23.7 Å². The van der Waals surface area contributed by atoms with E-state index in [9.17, 15) is 9.59 Å². The number of hydrogen-bond acceptors (Lipinski definition) is 5. The zero-order valence-corrected chi connectivity index (χ0v) is 11.0. The van der Waals surface area contributed by atoms with Crippen LogP contribution in [0.25, 0.3) is 5.65 Å². The van der Waals surface area contributed by atoms with Crippen LogP contribution in [0.2, 0.25) is 0 Å². The third-order valence-electron chi connectivity index (χ3n) is 3.25. The fourth-order valence-corrected chi connectivity index (χ4v) is 2.17. The van der Waals surface area contributed by atoms with Crippen LogP contribution in [0.4, 0.5) is 0 Å². The van der Waals surface area contributed by atoms with Gasteiger partial charge in [-0.2, -0.15) is 5.10 Å². The molecule has 8 nitrogen and oxygen atoms in total. The van der Waals surface area contributed by atoms with Gasteiger partial charge >= 0.3 is 5.97 Å². The summed E-state index contributed by atoms with van der Waals surface area (Å²) in [6.45, 7) is 1.15. The van der Waals surface area contributed by atoms with Gasteiger partial charge in [-0.1, -0.05) is 0 Å². The molecule has 0 spiro atoms. The van der Waals surface area contributed by atoms with E-state index in [0.29, 0.717) is 24.3 Å². The SMILES string of the molecule is O=C(NCC1C=NNC1)c1cccn2c(C(=O)O)cnc12. The van der Waals surface area contributed by atoms with E-state index in [1.54, 1.807) is 24.5 Å². The lowest BCUT2D eigenvalue weighted by atomic mass is 10.1. The minimum absolute atomic E-state index is 0.0202. The number of rotatable bonds is 4. The highest BCUT2D eigenvalue weighted by Gasteiger charge is 2.18. The molecule has 0 bridgehead atoms. The maximum absolute atomic E-state index is 12.2. The first-order valence-corrected chi connectivity index (χ1v) is 6.40. The van der Waals surface area contributed by atoms with Crippen molar-refractivity contribution in [1.82, 2.24) is 20.1 Å². The minimum Gasteiger partial charge on any atom is -0.477 e. The van der Waals surface area contributed by atoms with E-state index in [2.05, 4.69) is 20.8 Å². The van der Waals surface area contributed by atoms with Crippen LogP contribution in [0.3, 0.4) is 0 Å². The number of amides is 1. The van der Waals surface area contributed by atoms with Crippen LogP contribution in [0.15, 0.2) is 29.6 Å². The molecule has 1 aliphatic heterocycles. The molecule has 8 heteroatoms. The number of carboxylic acid groups (broad SMARTS) is 1. The van der Waals surface area contributed by atoms with Crippen LogP contribution in [0, 0.1) is 5.92 Å². The van der Waals surface area contributed by atoms with Gasteiger partial charge in [0.1, 0.15) is 5.65 Å². The molecule has 0 fully saturated rings. The molecule has 1 aliphatic rings. The molecule has 0 aromatic carbocycles. The van der Waals surface area contributed by atoms with Gasteiger partial charge in [0.15, 0.2) is 5.69 Å². The molecule has 21 heavy (non-hydrogen) atoms. The Bertz CT molecular complexity index is 736. The van der Waals surface area contributed by atoms with E-state index >= 15 is 0 Å². The van der Waals surface area contributed by atoms with Crippen molar-refractivity contribution in [2.75, 3.05) is 13.1 Å². The van der Waals surface area contributed by atoms with Gasteiger partial charge in [-0.3, -0.25) is 9.20 Å². The van der Waals surface area contributed by atoms with Gasteiger partial charge in [0.05, 0.1) is 11.8 Å². The molecule has 3 rings (SSSR count). The smallest absolute Gasteiger partial charge is 0.354 e. The third kappa shape index (κ3) is 2.42. The van der Waals surface area contributed by atoms with Crippen molar-refractivity contribution in [3.05, 3.63) is 35.8 Å². The summed E-state index contributed by atoms with van der Waals surface area (Å²) in [6, 6.07) is 3.24. The molecule has 1 amide bonds. The lowest BCUT2D eigenvalue weighted by Gasteiger charge is -2.09. The second kappa shape index (κ2) is 5.23. The highest BCUT2D eigenvalue weighted by molar-refractivity contribution is 6.00. The van der Waals surface area contributed by atoms with Crippen LogP contribution in [-0.4, -0.2) is 45.7 Å². The molecule has 0 saturated carbocycles. The Kier molecular flexibility index (Phi) is 3.27. The fraction of sp³-hybridized carbons (Fsp3) is 0.231. The van der Waals surface area contributed by atoms with Crippen molar-refractivity contribution in [2.45, 2.75) is 0 Å². The fourth-order valence-electron chi connectivity index (χ4n) is 2.17. The topological polar surface area (TPSA) is 108 Å². The van der Waals surface area contributed by atoms with Crippen LogP contribution in [0.5, 0.6) is 0 Å². The monoisotopic (exact) mass is 287 g/mol. The summed E-state index contributed by atoms with van der Waals surface area (Å²) in [4.78, 5) is 27.3. The number of aromatic carboxylic acids is 1. The van der Waals surface area contributed by atoms with E-state index in [1.165, 1.54) is 10.6 Å². The normalized spacial score (nSPS) is 16.9. The highest BCUT2D eigenvalue weighted by Crippen LogP contribution is 2.12. The third-order valence-corrected chi connectivity index (χ3v) is 3.25. The zero-order chi connectivity index (χ0) is 14.8. The molecule has 2 aromatic rings. The van der Waals surface area contributed by atoms with Crippen molar-refractivity contribution < 1.29 is 14.7 Å². The summed E-state index contributed by atoms with van der Waals surface area (Å²) in [5, 5.41) is 15.7. The average Bonchev–Trinajstić information content (AvgIpc) is 3.13. The Labute approximate surface area is 119 Å². The predicted molar refractivity (Wildman–Crippen MR) is 74.5 cm³/mol. The van der Waals surface area contributed by atoms with E-state index in [0.717, 1.165) is 0 Å². The average molecular weight is 287 g/mol. The number of pyridine rings is 1. The van der Waals surface area contributed by atoms with Gasteiger partial charge < -0.3 is 15.8 Å². The Hall–Kier alpha value is -2.90. The van der Waals surface area contributed by atoms with E-state index in [4.69, 9.17) is 5.11 Å². The first-order valence-electron chi connectivity index (χ1n) is 6.40. The Morgan fingerprint density at radius 2 is 2.38 bits per heavy atom. The van der Waals surface area contributed by atoms with Gasteiger partial charge in [0, 0.05) is 31.4 Å². The van der Waals surface area contributed by atoms with Gasteiger partial charge in [0.2, 0.25) is 0 Å². The van der Waals surface area contributed by atoms with Crippen LogP contribution in [0.1, 0.15) is 20.8 Å². The number of carboxylic acids is 1. The molecule has 3 N–H and O–H groups in total. The number of carbonyl (C=O) groups is 2. The molecule has 0 radical (unpaired) electrons. The largest absolute Gasteiger partial charge is 0.477 e. The first kappa shape index (κ1) is 13.1. The molecule has 1 atom stereocenters. The predicted octanol–water partition coefficient (Wildman–Crippen LogP) is -0.0325. The Morgan fingerprint density at radius 3 is 3.10 bits per heavy atom. The van der Waals surface area contributed by atoms with Crippen LogP contribution >= 0.6 is 0 Å². The quantitative estimate of drug-likeness (QED) is 0.731. The van der Waals surface area contributed by atoms with Crippen LogP contribution < -0.4 is 10.7 Å². The summed E-state index contributed by atoms with van der Waals surface area (Å²) < 4.78 is 1.38. The summed E-state index contributed by atoms with van der Waals surface area (Å²) >= 11 is 0. The lowest BCUT2D eigenvalue weighted by Crippen LogP contribution is -2.31. The van der Waals surface area contributed by atoms with Crippen molar-refractivity contribution in [2.24, 2.45) is 11.0 Å². The minimum atomic E-state index is -1.09. The second-order valence-corrected chi connectivity index (χ2v) is 4.67. The number of imidazole rings is 1. The van der Waals surface area contributed by atoms with Gasteiger partial charge in [-0.05, 0) is 12.1 Å². The van der Waals surface area contributed by atoms with Crippen molar-refractivity contribution in [1.29, 1.82) is 0 Å². The first-order chi connectivity index (χ1) is 10.2. The van der Waals surface area contributed by atoms with Crippen molar-refractivity contribution in [3.63, 3.8) is 0 Å². The molecule has 108 valence electrons. The number of carbonyl (C=O) groups excluding carboxylic acids is 1. The summed E-state index contributed by atoms with van der Waals surface area (Å²) in [6.07, 6.45) is 4.55. The zero-order valence-electron chi connectivity index (χ0n) is 11.0. The number of hydrazone groups is 1. The van der Waals surface area contributed by atoms with Gasteiger partial charge in [-0.25, -0.2) is 9.78 Å². The number of nitrogens with zero attached hydrogens (tertiary/aromatic N) is 3. The molecule has 1 unspecified atom stereocenters. The number of hydrogen-bond donors (Lipinski definition) is 3. The Morgan fingerprint density at radius 1 is 1.52 bits per heavy atom. The molecule has 0 saturated heterocycles. The number of aromatic nitrogens is 2. The molecule has 2 aromatic heterocycles. The summed E-state index contributed by atoms with van der Waals surface area (Å²) in [5.41, 5.74) is 3.50. The number of nitrogens with one attached hydrogen (secondary N) is 2. The second-order valence-electron chi connectivity index (χ2n) is 4.67. The molecular weight excluding hydrogens is 274 g/mol. The standard InChI is InChI=1S/C13H13N5O3/c19-12(15-4-8-5-16-17-6-8)9-2-1-3-18-10(13(20)21)7-14-11(9)18/h1-3,5,7-8,17H,4,6H2,(H,15,19)(H,20,21). The summed E-state index contributed by atoms with van der Waals surface area (Å²) in [7, 11) is 0. The molecule has 3 heterocycles. The highest BCUT2D eigenvalue weighted by atomic mass is 16.4. The molecular formula is C13H13N5O3. The molecule has 0 aliphatic carbocycles. The maximum atomic E-state index is 12.2. The van der Waals surface area contributed by atoms with Gasteiger partial charge in [-0.15, -0.1) is 0 Å².